The molecule has 3 N–H and O–H groups in total. The molecule has 1 aromatic heterocycles. The minimum Gasteiger partial charge on any atom is -0.378 e. The standard InChI is InChI=1S/C9H10N6O4/c1-14-5(16)2-4(9(14)17)13-8-6(15(18)19)7(10)11-3-12-8/h3-4H,2H2,1H3,(H3,10,11,12,13). The predicted octanol–water partition coefficient (Wildman–Crippen LogP) is -0.864. The highest BCUT2D eigenvalue weighted by molar-refractivity contribution is 6.06. The molecular weight excluding hydrogens is 256 g/mol. The molecule has 0 bridgehead atoms. The van der Waals surface area contributed by atoms with E-state index < -0.39 is 22.6 Å². The molecule has 0 radical (unpaired) electrons. The number of anilines is 2. The smallest absolute Gasteiger partial charge is 0.353 e. The van der Waals surface area contributed by atoms with Gasteiger partial charge in [-0.15, -0.1) is 0 Å². The minimum atomic E-state index is -0.884. The van der Waals surface area contributed by atoms with Crippen LogP contribution in [-0.4, -0.2) is 44.7 Å². The van der Waals surface area contributed by atoms with Crippen LogP contribution in [0.25, 0.3) is 0 Å². The zero-order valence-corrected chi connectivity index (χ0v) is 9.86. The fourth-order valence-corrected chi connectivity index (χ4v) is 1.71. The Balaban J connectivity index is 2.30. The van der Waals surface area contributed by atoms with Crippen molar-refractivity contribution in [2.75, 3.05) is 18.1 Å². The van der Waals surface area contributed by atoms with Crippen molar-refractivity contribution in [1.82, 2.24) is 14.9 Å². The molecule has 100 valence electrons. The largest absolute Gasteiger partial charge is 0.378 e. The van der Waals surface area contributed by atoms with Crippen LogP contribution in [0.5, 0.6) is 0 Å². The number of nitro groups is 1. The molecule has 0 saturated carbocycles. The summed E-state index contributed by atoms with van der Waals surface area (Å²) in [5, 5.41) is 13.4. The van der Waals surface area contributed by atoms with Gasteiger partial charge in [0, 0.05) is 7.05 Å². The van der Waals surface area contributed by atoms with E-state index in [1.165, 1.54) is 7.05 Å². The van der Waals surface area contributed by atoms with Crippen LogP contribution in [0.3, 0.4) is 0 Å². The molecule has 19 heavy (non-hydrogen) atoms. The lowest BCUT2D eigenvalue weighted by Crippen LogP contribution is -2.32. The summed E-state index contributed by atoms with van der Waals surface area (Å²) in [4.78, 5) is 41.3. The summed E-state index contributed by atoms with van der Waals surface area (Å²) in [5.41, 5.74) is 4.87. The van der Waals surface area contributed by atoms with Crippen molar-refractivity contribution in [1.29, 1.82) is 0 Å². The Morgan fingerprint density at radius 1 is 1.53 bits per heavy atom. The molecule has 1 atom stereocenters. The molecule has 1 unspecified atom stereocenters. The van der Waals surface area contributed by atoms with Crippen LogP contribution in [0.2, 0.25) is 0 Å². The molecule has 1 aliphatic heterocycles. The monoisotopic (exact) mass is 266 g/mol. The maximum atomic E-state index is 11.7. The molecule has 1 saturated heterocycles. The average Bonchev–Trinajstić information content (AvgIpc) is 2.57. The number of nitrogens with two attached hydrogens (primary N) is 1. The zero-order valence-electron chi connectivity index (χ0n) is 9.86. The maximum Gasteiger partial charge on any atom is 0.353 e. The topological polar surface area (TPSA) is 144 Å². The first-order valence-corrected chi connectivity index (χ1v) is 5.23. The Morgan fingerprint density at radius 3 is 2.74 bits per heavy atom. The van der Waals surface area contributed by atoms with Gasteiger partial charge in [0.1, 0.15) is 12.4 Å². The van der Waals surface area contributed by atoms with Gasteiger partial charge in [0.2, 0.25) is 17.5 Å². The van der Waals surface area contributed by atoms with Gasteiger partial charge >= 0.3 is 5.69 Å². The third-order valence-electron chi connectivity index (χ3n) is 2.73. The van der Waals surface area contributed by atoms with E-state index in [1.807, 2.05) is 0 Å². The number of carbonyl (C=O) groups excluding carboxylic acids is 2. The van der Waals surface area contributed by atoms with E-state index in [9.17, 15) is 19.7 Å². The fraction of sp³-hybridized carbons (Fsp3) is 0.333. The first-order valence-electron chi connectivity index (χ1n) is 5.23. The fourth-order valence-electron chi connectivity index (χ4n) is 1.71. The van der Waals surface area contributed by atoms with Gasteiger partial charge in [-0.1, -0.05) is 0 Å². The van der Waals surface area contributed by atoms with Crippen LogP contribution in [-0.2, 0) is 9.59 Å². The highest BCUT2D eigenvalue weighted by atomic mass is 16.6. The number of nitrogen functional groups attached to an aromatic ring is 1. The van der Waals surface area contributed by atoms with E-state index in [-0.39, 0.29) is 24.0 Å². The molecule has 10 nitrogen and oxygen atoms in total. The highest BCUT2D eigenvalue weighted by Gasteiger charge is 2.37. The molecule has 2 heterocycles. The quantitative estimate of drug-likeness (QED) is 0.408. The Kier molecular flexibility index (Phi) is 2.99. The minimum absolute atomic E-state index is 0.0869. The van der Waals surface area contributed by atoms with Crippen LogP contribution in [0.1, 0.15) is 6.42 Å². The Labute approximate surface area is 106 Å². The second-order valence-corrected chi connectivity index (χ2v) is 3.91. The Morgan fingerprint density at radius 2 is 2.21 bits per heavy atom. The molecule has 1 aliphatic rings. The number of carbonyl (C=O) groups is 2. The lowest BCUT2D eigenvalue weighted by molar-refractivity contribution is -0.383. The number of hydrogen-bond donors (Lipinski definition) is 2. The summed E-state index contributed by atoms with van der Waals surface area (Å²) >= 11 is 0. The number of amides is 2. The zero-order chi connectivity index (χ0) is 14.2. The molecule has 0 aromatic carbocycles. The molecule has 10 heteroatoms. The number of likely N-dealkylation sites (N-methyl/N-ethyl adjacent to an activating group) is 1. The van der Waals surface area contributed by atoms with Crippen molar-refractivity contribution in [3.63, 3.8) is 0 Å². The molecule has 1 fully saturated rings. The van der Waals surface area contributed by atoms with Gasteiger partial charge in [0.05, 0.1) is 11.3 Å². The number of rotatable bonds is 3. The van der Waals surface area contributed by atoms with Crippen molar-refractivity contribution >= 4 is 29.1 Å². The molecular formula is C9H10N6O4. The van der Waals surface area contributed by atoms with Crippen molar-refractivity contribution in [3.05, 3.63) is 16.4 Å². The molecule has 1 aromatic rings. The third-order valence-corrected chi connectivity index (χ3v) is 2.73. The van der Waals surface area contributed by atoms with E-state index in [1.54, 1.807) is 0 Å². The second-order valence-electron chi connectivity index (χ2n) is 3.91. The van der Waals surface area contributed by atoms with Crippen molar-refractivity contribution in [2.45, 2.75) is 12.5 Å². The van der Waals surface area contributed by atoms with Gasteiger partial charge in [0.25, 0.3) is 5.91 Å². The lowest BCUT2D eigenvalue weighted by Gasteiger charge is -2.11. The Hall–Kier alpha value is -2.78. The molecule has 2 rings (SSSR count). The third kappa shape index (κ3) is 2.14. The predicted molar refractivity (Wildman–Crippen MR) is 62.9 cm³/mol. The van der Waals surface area contributed by atoms with Gasteiger partial charge in [-0.05, 0) is 0 Å². The van der Waals surface area contributed by atoms with Gasteiger partial charge in [-0.3, -0.25) is 24.6 Å². The number of likely N-dealkylation sites (tertiary alicyclic amines) is 1. The number of nitrogens with one attached hydrogen (secondary N) is 1. The van der Waals surface area contributed by atoms with E-state index >= 15 is 0 Å². The normalized spacial score (nSPS) is 18.8. The highest BCUT2D eigenvalue weighted by Crippen LogP contribution is 2.28. The lowest BCUT2D eigenvalue weighted by atomic mass is 10.2. The van der Waals surface area contributed by atoms with Gasteiger partial charge in [0.15, 0.2) is 0 Å². The number of imide groups is 1. The molecule has 0 spiro atoms. The summed E-state index contributed by atoms with van der Waals surface area (Å²) in [6.07, 6.45) is 0.950. The van der Waals surface area contributed by atoms with Crippen LogP contribution in [0.4, 0.5) is 17.3 Å². The van der Waals surface area contributed by atoms with Crippen LogP contribution < -0.4 is 11.1 Å². The van der Waals surface area contributed by atoms with Gasteiger partial charge in [-0.25, -0.2) is 9.97 Å². The van der Waals surface area contributed by atoms with Crippen LogP contribution in [0.15, 0.2) is 6.33 Å². The SMILES string of the molecule is CN1C(=O)CC(Nc2ncnc(N)c2[N+](=O)[O-])C1=O. The summed E-state index contributed by atoms with van der Waals surface area (Å²) in [6.45, 7) is 0. The van der Waals surface area contributed by atoms with E-state index in [0.29, 0.717) is 0 Å². The summed E-state index contributed by atoms with van der Waals surface area (Å²) in [7, 11) is 1.34. The number of aromatic nitrogens is 2. The maximum absolute atomic E-state index is 11.7. The number of hydrogen-bond acceptors (Lipinski definition) is 8. The summed E-state index contributed by atoms with van der Waals surface area (Å²) in [5.74, 6) is -1.34. The first-order chi connectivity index (χ1) is 8.91. The second kappa shape index (κ2) is 4.48. The first kappa shape index (κ1) is 12.7. The molecule has 2 amide bonds. The van der Waals surface area contributed by atoms with Crippen LogP contribution in [0, 0.1) is 10.1 Å². The van der Waals surface area contributed by atoms with Crippen LogP contribution >= 0.6 is 0 Å². The summed E-state index contributed by atoms with van der Waals surface area (Å²) < 4.78 is 0. The van der Waals surface area contributed by atoms with E-state index in [4.69, 9.17) is 5.73 Å². The number of nitrogens with zero attached hydrogens (tertiary/aromatic N) is 4. The average molecular weight is 266 g/mol. The molecule has 0 aliphatic carbocycles. The van der Waals surface area contributed by atoms with Gasteiger partial charge < -0.3 is 11.1 Å². The van der Waals surface area contributed by atoms with Crippen molar-refractivity contribution in [2.24, 2.45) is 0 Å². The Bertz CT molecular complexity index is 574. The van der Waals surface area contributed by atoms with E-state index in [2.05, 4.69) is 15.3 Å². The van der Waals surface area contributed by atoms with Crippen molar-refractivity contribution < 1.29 is 14.5 Å². The van der Waals surface area contributed by atoms with Gasteiger partial charge in [-0.2, -0.15) is 0 Å². The van der Waals surface area contributed by atoms with Crippen molar-refractivity contribution in [3.8, 4) is 0 Å². The van der Waals surface area contributed by atoms with E-state index in [0.717, 1.165) is 11.2 Å². The summed E-state index contributed by atoms with van der Waals surface area (Å²) in [6, 6.07) is -0.884.